The first-order chi connectivity index (χ1) is 9.09. The molecular formula is C15H23N3O. The van der Waals surface area contributed by atoms with Crippen molar-refractivity contribution in [1.29, 1.82) is 0 Å². The molecule has 4 heteroatoms. The Kier molecular flexibility index (Phi) is 4.56. The first-order valence-electron chi connectivity index (χ1n) is 6.85. The second-order valence-electron chi connectivity index (χ2n) is 5.41. The summed E-state index contributed by atoms with van der Waals surface area (Å²) in [5.74, 6) is 0.0448. The molecule has 1 atom stereocenters. The van der Waals surface area contributed by atoms with E-state index in [2.05, 4.69) is 19.0 Å². The number of carbonyl (C=O) groups excluding carboxylic acids is 1. The van der Waals surface area contributed by atoms with Crippen LogP contribution < -0.4 is 5.73 Å². The minimum absolute atomic E-state index is 0.0448. The molecule has 1 aliphatic rings. The number of piperidine rings is 1. The first kappa shape index (κ1) is 14.0. The predicted molar refractivity (Wildman–Crippen MR) is 76.7 cm³/mol. The Bertz CT molecular complexity index is 411. The Balaban J connectivity index is 1.94. The van der Waals surface area contributed by atoms with Gasteiger partial charge < -0.3 is 15.5 Å². The van der Waals surface area contributed by atoms with Gasteiger partial charge in [0.2, 0.25) is 5.91 Å². The molecule has 0 bridgehead atoms. The number of hydrogen-bond acceptors (Lipinski definition) is 3. The normalized spacial score (nSPS) is 18.6. The fraction of sp³-hybridized carbons (Fsp3) is 0.533. The van der Waals surface area contributed by atoms with Gasteiger partial charge in [-0.1, -0.05) is 30.3 Å². The molecular weight excluding hydrogens is 238 g/mol. The lowest BCUT2D eigenvalue weighted by molar-refractivity contribution is -0.134. The number of carbonyl (C=O) groups is 1. The molecule has 4 nitrogen and oxygen atoms in total. The van der Waals surface area contributed by atoms with E-state index in [4.69, 9.17) is 5.73 Å². The highest BCUT2D eigenvalue weighted by molar-refractivity contribution is 5.83. The third-order valence-corrected chi connectivity index (χ3v) is 3.93. The molecule has 0 saturated carbocycles. The maximum Gasteiger partial charge on any atom is 0.244 e. The number of likely N-dealkylation sites (tertiary alicyclic amines) is 1. The highest BCUT2D eigenvalue weighted by atomic mass is 16.2. The van der Waals surface area contributed by atoms with Crippen molar-refractivity contribution in [3.8, 4) is 0 Å². The lowest BCUT2D eigenvalue weighted by Gasteiger charge is -2.36. The van der Waals surface area contributed by atoms with Crippen molar-refractivity contribution in [2.24, 2.45) is 5.73 Å². The summed E-state index contributed by atoms with van der Waals surface area (Å²) in [6.07, 6.45) is 2.06. The van der Waals surface area contributed by atoms with Crippen molar-refractivity contribution in [3.05, 3.63) is 35.9 Å². The zero-order valence-electron chi connectivity index (χ0n) is 11.7. The molecule has 19 heavy (non-hydrogen) atoms. The van der Waals surface area contributed by atoms with Crippen molar-refractivity contribution >= 4 is 5.91 Å². The third kappa shape index (κ3) is 3.33. The number of benzene rings is 1. The molecule has 1 fully saturated rings. The summed E-state index contributed by atoms with van der Waals surface area (Å²) in [6, 6.07) is 9.64. The van der Waals surface area contributed by atoms with Crippen molar-refractivity contribution in [2.75, 3.05) is 27.2 Å². The van der Waals surface area contributed by atoms with E-state index in [0.29, 0.717) is 6.04 Å². The Morgan fingerprint density at radius 3 is 2.37 bits per heavy atom. The van der Waals surface area contributed by atoms with E-state index in [-0.39, 0.29) is 5.91 Å². The van der Waals surface area contributed by atoms with Crippen LogP contribution in [0.2, 0.25) is 0 Å². The molecule has 0 aromatic heterocycles. The van der Waals surface area contributed by atoms with E-state index in [1.807, 2.05) is 35.2 Å². The smallest absolute Gasteiger partial charge is 0.244 e. The molecule has 0 radical (unpaired) electrons. The fourth-order valence-electron chi connectivity index (χ4n) is 2.60. The van der Waals surface area contributed by atoms with Gasteiger partial charge >= 0.3 is 0 Å². The molecule has 0 unspecified atom stereocenters. The standard InChI is InChI=1S/C15H23N3O/c1-17(2)13-8-10-18(11-9-13)15(19)14(16)12-6-4-3-5-7-12/h3-7,13-14H,8-11,16H2,1-2H3/t14-/m0/s1. The SMILES string of the molecule is CN(C)C1CCN(C(=O)[C@@H](N)c2ccccc2)CC1. The Morgan fingerprint density at radius 2 is 1.84 bits per heavy atom. The van der Waals surface area contributed by atoms with Gasteiger partial charge in [-0.25, -0.2) is 0 Å². The van der Waals surface area contributed by atoms with Gasteiger partial charge in [-0.2, -0.15) is 0 Å². The van der Waals surface area contributed by atoms with E-state index >= 15 is 0 Å². The number of nitrogens with zero attached hydrogens (tertiary/aromatic N) is 2. The van der Waals surface area contributed by atoms with E-state index < -0.39 is 6.04 Å². The fourth-order valence-corrected chi connectivity index (χ4v) is 2.60. The summed E-state index contributed by atoms with van der Waals surface area (Å²) in [5, 5.41) is 0. The average molecular weight is 261 g/mol. The Hall–Kier alpha value is -1.39. The van der Waals surface area contributed by atoms with Crippen LogP contribution in [-0.2, 0) is 4.79 Å². The van der Waals surface area contributed by atoms with Crippen LogP contribution in [0.3, 0.4) is 0 Å². The summed E-state index contributed by atoms with van der Waals surface area (Å²) in [5.41, 5.74) is 6.95. The van der Waals surface area contributed by atoms with Crippen molar-refractivity contribution in [3.63, 3.8) is 0 Å². The van der Waals surface area contributed by atoms with Gasteiger partial charge in [0.15, 0.2) is 0 Å². The van der Waals surface area contributed by atoms with Gasteiger partial charge in [0.25, 0.3) is 0 Å². The van der Waals surface area contributed by atoms with Crippen molar-refractivity contribution in [1.82, 2.24) is 9.80 Å². The quantitative estimate of drug-likeness (QED) is 0.890. The van der Waals surface area contributed by atoms with Crippen LogP contribution in [-0.4, -0.2) is 48.9 Å². The summed E-state index contributed by atoms with van der Waals surface area (Å²) in [6.45, 7) is 1.62. The predicted octanol–water partition coefficient (Wildman–Crippen LogP) is 1.24. The van der Waals surface area contributed by atoms with E-state index in [0.717, 1.165) is 31.5 Å². The summed E-state index contributed by atoms with van der Waals surface area (Å²) >= 11 is 0. The minimum Gasteiger partial charge on any atom is -0.341 e. The van der Waals surface area contributed by atoms with Gasteiger partial charge in [-0.3, -0.25) is 4.79 Å². The molecule has 1 saturated heterocycles. The van der Waals surface area contributed by atoms with Gasteiger partial charge in [0.05, 0.1) is 0 Å². The monoisotopic (exact) mass is 261 g/mol. The highest BCUT2D eigenvalue weighted by Crippen LogP contribution is 2.18. The van der Waals surface area contributed by atoms with Crippen LogP contribution in [0.15, 0.2) is 30.3 Å². The number of rotatable bonds is 3. The third-order valence-electron chi connectivity index (χ3n) is 3.93. The number of amides is 1. The molecule has 1 aliphatic heterocycles. The first-order valence-corrected chi connectivity index (χ1v) is 6.85. The lowest BCUT2D eigenvalue weighted by atomic mass is 10.0. The maximum atomic E-state index is 12.4. The molecule has 2 rings (SSSR count). The molecule has 1 aromatic carbocycles. The van der Waals surface area contributed by atoms with E-state index in [1.165, 1.54) is 0 Å². The number of nitrogens with two attached hydrogens (primary N) is 1. The largest absolute Gasteiger partial charge is 0.341 e. The van der Waals surface area contributed by atoms with Crippen molar-refractivity contribution in [2.45, 2.75) is 24.9 Å². The minimum atomic E-state index is -0.530. The Labute approximate surface area is 115 Å². The molecule has 1 amide bonds. The molecule has 0 aliphatic carbocycles. The second-order valence-corrected chi connectivity index (χ2v) is 5.41. The molecule has 2 N–H and O–H groups in total. The highest BCUT2D eigenvalue weighted by Gasteiger charge is 2.27. The average Bonchev–Trinajstić information content (AvgIpc) is 2.46. The van der Waals surface area contributed by atoms with Crippen LogP contribution in [0.25, 0.3) is 0 Å². The summed E-state index contributed by atoms with van der Waals surface area (Å²) < 4.78 is 0. The van der Waals surface area contributed by atoms with E-state index in [1.54, 1.807) is 0 Å². The van der Waals surface area contributed by atoms with Gasteiger partial charge in [-0.15, -0.1) is 0 Å². The maximum absolute atomic E-state index is 12.4. The van der Waals surface area contributed by atoms with Crippen LogP contribution in [0.4, 0.5) is 0 Å². The zero-order valence-corrected chi connectivity index (χ0v) is 11.7. The molecule has 104 valence electrons. The van der Waals surface area contributed by atoms with Crippen LogP contribution in [0, 0.1) is 0 Å². The van der Waals surface area contributed by atoms with Gasteiger partial charge in [0.1, 0.15) is 6.04 Å². The summed E-state index contributed by atoms with van der Waals surface area (Å²) in [4.78, 5) is 16.5. The lowest BCUT2D eigenvalue weighted by Crippen LogP contribution is -2.47. The van der Waals surface area contributed by atoms with E-state index in [9.17, 15) is 4.79 Å². The molecule has 1 aromatic rings. The van der Waals surface area contributed by atoms with Crippen LogP contribution in [0.1, 0.15) is 24.4 Å². The molecule has 1 heterocycles. The van der Waals surface area contributed by atoms with Crippen molar-refractivity contribution < 1.29 is 4.79 Å². The number of hydrogen-bond donors (Lipinski definition) is 1. The van der Waals surface area contributed by atoms with Crippen LogP contribution >= 0.6 is 0 Å². The van der Waals surface area contributed by atoms with Gasteiger partial charge in [0, 0.05) is 19.1 Å². The van der Waals surface area contributed by atoms with Crippen LogP contribution in [0.5, 0.6) is 0 Å². The summed E-state index contributed by atoms with van der Waals surface area (Å²) in [7, 11) is 4.19. The topological polar surface area (TPSA) is 49.6 Å². The zero-order chi connectivity index (χ0) is 13.8. The Morgan fingerprint density at radius 1 is 1.26 bits per heavy atom. The second kappa shape index (κ2) is 6.17. The molecule has 0 spiro atoms. The van der Waals surface area contributed by atoms with Gasteiger partial charge in [-0.05, 0) is 32.5 Å².